The highest BCUT2D eigenvalue weighted by Crippen LogP contribution is 2.35. The Labute approximate surface area is 110 Å². The van der Waals surface area contributed by atoms with E-state index >= 15 is 0 Å². The Kier molecular flexibility index (Phi) is 3.11. The minimum absolute atomic E-state index is 0.0477. The number of nitrogens with zero attached hydrogens (tertiary/aromatic N) is 2. The Morgan fingerprint density at radius 3 is 3.00 bits per heavy atom. The first-order valence-electron chi connectivity index (χ1n) is 6.11. The van der Waals surface area contributed by atoms with E-state index in [4.69, 9.17) is 0 Å². The van der Waals surface area contributed by atoms with E-state index < -0.39 is 0 Å². The molecule has 0 aromatic carbocycles. The van der Waals surface area contributed by atoms with Gasteiger partial charge in [-0.15, -0.1) is 11.3 Å². The zero-order chi connectivity index (χ0) is 12.4. The summed E-state index contributed by atoms with van der Waals surface area (Å²) in [4.78, 5) is 19.8. The molecule has 0 saturated carbocycles. The van der Waals surface area contributed by atoms with Gasteiger partial charge in [0, 0.05) is 17.6 Å². The fourth-order valence-corrected chi connectivity index (χ4v) is 3.30. The van der Waals surface area contributed by atoms with Gasteiger partial charge in [0.05, 0.1) is 6.04 Å². The highest BCUT2D eigenvalue weighted by atomic mass is 32.1. The largest absolute Gasteiger partial charge is 0.329 e. The SMILES string of the molecule is O=C(c1ccccn1)N1CCCC1c1cccs1. The van der Waals surface area contributed by atoms with Gasteiger partial charge in [-0.3, -0.25) is 9.78 Å². The number of pyridine rings is 1. The summed E-state index contributed by atoms with van der Waals surface area (Å²) in [6, 6.07) is 9.86. The molecule has 92 valence electrons. The third kappa shape index (κ3) is 2.04. The lowest BCUT2D eigenvalue weighted by Gasteiger charge is -2.23. The topological polar surface area (TPSA) is 33.2 Å². The number of thiophene rings is 1. The maximum Gasteiger partial charge on any atom is 0.272 e. The van der Waals surface area contributed by atoms with Crippen LogP contribution in [0, 0.1) is 0 Å². The van der Waals surface area contributed by atoms with E-state index in [9.17, 15) is 4.79 Å². The summed E-state index contributed by atoms with van der Waals surface area (Å²) in [6.07, 6.45) is 3.80. The number of rotatable bonds is 2. The minimum Gasteiger partial charge on any atom is -0.329 e. The van der Waals surface area contributed by atoms with Crippen molar-refractivity contribution in [2.45, 2.75) is 18.9 Å². The second-order valence-corrected chi connectivity index (χ2v) is 5.37. The fourth-order valence-electron chi connectivity index (χ4n) is 2.42. The number of hydrogen-bond donors (Lipinski definition) is 0. The van der Waals surface area contributed by atoms with E-state index in [0.717, 1.165) is 19.4 Å². The summed E-state index contributed by atoms with van der Waals surface area (Å²) in [5.41, 5.74) is 0.543. The lowest BCUT2D eigenvalue weighted by Crippen LogP contribution is -2.30. The van der Waals surface area contributed by atoms with Gasteiger partial charge in [0.1, 0.15) is 5.69 Å². The standard InChI is InChI=1S/C14H14N2OS/c17-14(11-5-1-2-8-15-11)16-9-3-6-12(16)13-7-4-10-18-13/h1-2,4-5,7-8,10,12H,3,6,9H2. The first-order chi connectivity index (χ1) is 8.86. The average Bonchev–Trinajstić information content (AvgIpc) is 3.09. The monoisotopic (exact) mass is 258 g/mol. The van der Waals surface area contributed by atoms with E-state index in [0.29, 0.717) is 5.69 Å². The maximum atomic E-state index is 12.4. The summed E-state index contributed by atoms with van der Waals surface area (Å²) < 4.78 is 0. The normalized spacial score (nSPS) is 19.1. The van der Waals surface area contributed by atoms with Gasteiger partial charge in [-0.2, -0.15) is 0 Å². The van der Waals surface area contributed by atoms with Crippen LogP contribution in [0.5, 0.6) is 0 Å². The number of carbonyl (C=O) groups is 1. The molecule has 0 bridgehead atoms. The molecule has 1 aliphatic heterocycles. The summed E-state index contributed by atoms with van der Waals surface area (Å²) in [5, 5.41) is 2.07. The minimum atomic E-state index is 0.0477. The van der Waals surface area contributed by atoms with Gasteiger partial charge >= 0.3 is 0 Å². The van der Waals surface area contributed by atoms with E-state index in [2.05, 4.69) is 16.4 Å². The van der Waals surface area contributed by atoms with Gasteiger partial charge in [0.15, 0.2) is 0 Å². The van der Waals surface area contributed by atoms with E-state index in [1.807, 2.05) is 23.1 Å². The fraction of sp³-hybridized carbons (Fsp3) is 0.286. The van der Waals surface area contributed by atoms with Crippen molar-refractivity contribution in [3.63, 3.8) is 0 Å². The molecule has 3 rings (SSSR count). The van der Waals surface area contributed by atoms with Crippen molar-refractivity contribution in [2.24, 2.45) is 0 Å². The van der Waals surface area contributed by atoms with Crippen LogP contribution in [0.4, 0.5) is 0 Å². The first kappa shape index (κ1) is 11.4. The molecule has 0 aliphatic carbocycles. The van der Waals surface area contributed by atoms with Gasteiger partial charge < -0.3 is 4.90 Å². The molecular formula is C14H14N2OS. The van der Waals surface area contributed by atoms with Gasteiger partial charge in [-0.1, -0.05) is 12.1 Å². The Balaban J connectivity index is 1.85. The van der Waals surface area contributed by atoms with Crippen LogP contribution in [-0.4, -0.2) is 22.3 Å². The van der Waals surface area contributed by atoms with Crippen molar-refractivity contribution in [1.82, 2.24) is 9.88 Å². The molecule has 2 aromatic heterocycles. The molecule has 1 atom stereocenters. The predicted octanol–water partition coefficient (Wildman–Crippen LogP) is 3.12. The first-order valence-corrected chi connectivity index (χ1v) is 6.99. The summed E-state index contributed by atoms with van der Waals surface area (Å²) in [6.45, 7) is 0.831. The number of likely N-dealkylation sites (tertiary alicyclic amines) is 1. The summed E-state index contributed by atoms with van der Waals surface area (Å²) in [5.74, 6) is 0.0477. The van der Waals surface area contributed by atoms with Crippen LogP contribution in [0.2, 0.25) is 0 Å². The molecule has 4 heteroatoms. The van der Waals surface area contributed by atoms with Crippen LogP contribution in [0.25, 0.3) is 0 Å². The molecule has 2 aromatic rings. The maximum absolute atomic E-state index is 12.4. The average molecular weight is 258 g/mol. The number of aromatic nitrogens is 1. The summed E-state index contributed by atoms with van der Waals surface area (Å²) >= 11 is 1.72. The van der Waals surface area contributed by atoms with E-state index in [-0.39, 0.29) is 11.9 Å². The molecule has 18 heavy (non-hydrogen) atoms. The third-order valence-electron chi connectivity index (χ3n) is 3.27. The van der Waals surface area contributed by atoms with Crippen molar-refractivity contribution in [3.05, 3.63) is 52.5 Å². The van der Waals surface area contributed by atoms with Crippen molar-refractivity contribution in [3.8, 4) is 0 Å². The number of carbonyl (C=O) groups excluding carboxylic acids is 1. The highest BCUT2D eigenvalue weighted by Gasteiger charge is 2.31. The van der Waals surface area contributed by atoms with Crippen LogP contribution < -0.4 is 0 Å². The van der Waals surface area contributed by atoms with Crippen LogP contribution in [0.1, 0.15) is 34.2 Å². The van der Waals surface area contributed by atoms with Crippen molar-refractivity contribution >= 4 is 17.2 Å². The van der Waals surface area contributed by atoms with Crippen LogP contribution in [0.15, 0.2) is 41.9 Å². The zero-order valence-corrected chi connectivity index (χ0v) is 10.8. The molecule has 1 aliphatic rings. The van der Waals surface area contributed by atoms with Crippen LogP contribution in [-0.2, 0) is 0 Å². The Morgan fingerprint density at radius 2 is 2.28 bits per heavy atom. The highest BCUT2D eigenvalue weighted by molar-refractivity contribution is 7.10. The molecule has 0 N–H and O–H groups in total. The second kappa shape index (κ2) is 4.90. The third-order valence-corrected chi connectivity index (χ3v) is 4.24. The molecule has 1 amide bonds. The van der Waals surface area contributed by atoms with Gasteiger partial charge in [-0.05, 0) is 36.4 Å². The van der Waals surface area contributed by atoms with Gasteiger partial charge in [0.25, 0.3) is 5.91 Å². The van der Waals surface area contributed by atoms with E-state index in [1.54, 1.807) is 23.6 Å². The van der Waals surface area contributed by atoms with Crippen molar-refractivity contribution in [1.29, 1.82) is 0 Å². The molecule has 1 unspecified atom stereocenters. The second-order valence-electron chi connectivity index (χ2n) is 4.39. The molecular weight excluding hydrogens is 244 g/mol. The predicted molar refractivity (Wildman–Crippen MR) is 71.6 cm³/mol. The molecule has 1 saturated heterocycles. The Bertz CT molecular complexity index is 524. The number of hydrogen-bond acceptors (Lipinski definition) is 3. The molecule has 3 nitrogen and oxygen atoms in total. The molecule has 0 spiro atoms. The Hall–Kier alpha value is -1.68. The molecule has 1 fully saturated rings. The summed E-state index contributed by atoms with van der Waals surface area (Å²) in [7, 11) is 0. The van der Waals surface area contributed by atoms with E-state index in [1.165, 1.54) is 4.88 Å². The quantitative estimate of drug-likeness (QED) is 0.829. The smallest absolute Gasteiger partial charge is 0.272 e. The Morgan fingerprint density at radius 1 is 1.33 bits per heavy atom. The van der Waals surface area contributed by atoms with Gasteiger partial charge in [-0.25, -0.2) is 0 Å². The molecule has 3 heterocycles. The van der Waals surface area contributed by atoms with Crippen molar-refractivity contribution < 1.29 is 4.79 Å². The molecule has 0 radical (unpaired) electrons. The lowest BCUT2D eigenvalue weighted by atomic mass is 10.2. The zero-order valence-electron chi connectivity index (χ0n) is 9.95. The van der Waals surface area contributed by atoms with Crippen molar-refractivity contribution in [2.75, 3.05) is 6.54 Å². The van der Waals surface area contributed by atoms with Crippen LogP contribution in [0.3, 0.4) is 0 Å². The van der Waals surface area contributed by atoms with Gasteiger partial charge in [0.2, 0.25) is 0 Å². The number of amides is 1. The lowest BCUT2D eigenvalue weighted by molar-refractivity contribution is 0.0732. The van der Waals surface area contributed by atoms with Crippen LogP contribution >= 0.6 is 11.3 Å².